The second-order valence-electron chi connectivity index (χ2n) is 6.73. The van der Waals surface area contributed by atoms with Crippen molar-refractivity contribution in [2.24, 2.45) is 0 Å². The molecule has 2 aliphatic heterocycles. The molecule has 0 N–H and O–H groups in total. The fraction of sp³-hybridized carbons (Fsp3) is 0.450. The number of likely N-dealkylation sites (tertiary alicyclic amines) is 1. The molecule has 2 saturated heterocycles. The summed E-state index contributed by atoms with van der Waals surface area (Å²) in [6.45, 7) is 3.43. The van der Waals surface area contributed by atoms with E-state index in [4.69, 9.17) is 0 Å². The number of benzene rings is 1. The third-order valence-electron chi connectivity index (χ3n) is 4.83. The second-order valence-corrected chi connectivity index (χ2v) is 7.72. The molecule has 26 heavy (non-hydrogen) atoms. The zero-order valence-corrected chi connectivity index (χ0v) is 15.9. The summed E-state index contributed by atoms with van der Waals surface area (Å²) in [6.07, 6.45) is 5.83. The zero-order chi connectivity index (χ0) is 18.5. The predicted octanol–water partition coefficient (Wildman–Crippen LogP) is 3.00. The minimum absolute atomic E-state index is 0.0265. The summed E-state index contributed by atoms with van der Waals surface area (Å²) in [4.78, 5) is 40.8. The van der Waals surface area contributed by atoms with Gasteiger partial charge >= 0.3 is 0 Å². The average Bonchev–Trinajstić information content (AvgIpc) is 2.83. The van der Waals surface area contributed by atoms with Gasteiger partial charge in [0, 0.05) is 24.7 Å². The number of ketones is 1. The van der Waals surface area contributed by atoms with Crippen molar-refractivity contribution in [3.05, 3.63) is 46.5 Å². The third kappa shape index (κ3) is 4.36. The van der Waals surface area contributed by atoms with Crippen LogP contribution in [0.3, 0.4) is 0 Å². The minimum Gasteiger partial charge on any atom is -0.341 e. The molecule has 0 aromatic heterocycles. The molecular weight excluding hydrogens is 348 g/mol. The first-order valence-electron chi connectivity index (χ1n) is 9.09. The third-order valence-corrected chi connectivity index (χ3v) is 5.85. The maximum Gasteiger partial charge on any atom is 0.242 e. The summed E-state index contributed by atoms with van der Waals surface area (Å²) in [6, 6.07) is 7.38. The van der Waals surface area contributed by atoms with Crippen molar-refractivity contribution in [1.82, 2.24) is 9.80 Å². The minimum atomic E-state index is -0.132. The van der Waals surface area contributed by atoms with Crippen LogP contribution in [0.15, 0.2) is 35.4 Å². The van der Waals surface area contributed by atoms with Gasteiger partial charge in [-0.05, 0) is 25.3 Å². The summed E-state index contributed by atoms with van der Waals surface area (Å²) in [5, 5.41) is 0.575. The van der Waals surface area contributed by atoms with Gasteiger partial charge in [0.15, 0.2) is 5.78 Å². The number of carbonyl (C=O) groups is 3. The van der Waals surface area contributed by atoms with Crippen LogP contribution in [0.1, 0.15) is 41.6 Å². The first-order chi connectivity index (χ1) is 12.6. The van der Waals surface area contributed by atoms with Crippen LogP contribution in [0.5, 0.6) is 0 Å². The smallest absolute Gasteiger partial charge is 0.242 e. The highest BCUT2D eigenvalue weighted by atomic mass is 32.2. The van der Waals surface area contributed by atoms with Gasteiger partial charge in [-0.25, -0.2) is 0 Å². The SMILES string of the molecule is Cc1ccccc1C(=O)/C=C1\SCC(=O)N1CC(=O)N1CCCCCC1. The van der Waals surface area contributed by atoms with Gasteiger partial charge in [-0.15, -0.1) is 0 Å². The number of rotatable bonds is 4. The van der Waals surface area contributed by atoms with E-state index in [1.54, 1.807) is 6.07 Å². The molecule has 0 bridgehead atoms. The average molecular weight is 372 g/mol. The number of hydrogen-bond acceptors (Lipinski definition) is 4. The Morgan fingerprint density at radius 2 is 1.81 bits per heavy atom. The highest BCUT2D eigenvalue weighted by Crippen LogP contribution is 2.29. The molecule has 3 rings (SSSR count). The Balaban J connectivity index is 1.73. The van der Waals surface area contributed by atoms with Crippen LogP contribution in [-0.4, -0.2) is 52.8 Å². The number of aryl methyl sites for hydroxylation is 1. The molecule has 0 atom stereocenters. The lowest BCUT2D eigenvalue weighted by Gasteiger charge is -2.24. The van der Waals surface area contributed by atoms with E-state index in [0.717, 1.165) is 44.3 Å². The van der Waals surface area contributed by atoms with Gasteiger partial charge in [-0.3, -0.25) is 19.3 Å². The van der Waals surface area contributed by atoms with Gasteiger partial charge in [0.2, 0.25) is 11.8 Å². The molecule has 0 saturated carbocycles. The molecule has 0 aliphatic carbocycles. The Morgan fingerprint density at radius 3 is 2.50 bits per heavy atom. The van der Waals surface area contributed by atoms with Crippen molar-refractivity contribution < 1.29 is 14.4 Å². The lowest BCUT2D eigenvalue weighted by Crippen LogP contribution is -2.41. The monoisotopic (exact) mass is 372 g/mol. The number of nitrogens with zero attached hydrogens (tertiary/aromatic N) is 2. The Morgan fingerprint density at radius 1 is 1.12 bits per heavy atom. The topological polar surface area (TPSA) is 57.7 Å². The first-order valence-corrected chi connectivity index (χ1v) is 10.1. The van der Waals surface area contributed by atoms with Gasteiger partial charge in [-0.1, -0.05) is 48.9 Å². The van der Waals surface area contributed by atoms with Crippen molar-refractivity contribution in [3.8, 4) is 0 Å². The highest BCUT2D eigenvalue weighted by molar-refractivity contribution is 8.04. The lowest BCUT2D eigenvalue weighted by atomic mass is 10.1. The maximum atomic E-state index is 12.6. The maximum absolute atomic E-state index is 12.6. The van der Waals surface area contributed by atoms with Crippen molar-refractivity contribution in [2.75, 3.05) is 25.4 Å². The molecule has 0 unspecified atom stereocenters. The molecule has 0 radical (unpaired) electrons. The summed E-state index contributed by atoms with van der Waals surface area (Å²) in [5.41, 5.74) is 1.52. The van der Waals surface area contributed by atoms with Gasteiger partial charge in [0.1, 0.15) is 6.54 Å². The van der Waals surface area contributed by atoms with E-state index in [0.29, 0.717) is 10.6 Å². The summed E-state index contributed by atoms with van der Waals surface area (Å²) >= 11 is 1.33. The van der Waals surface area contributed by atoms with Crippen LogP contribution in [-0.2, 0) is 9.59 Å². The molecule has 138 valence electrons. The molecule has 1 aromatic rings. The van der Waals surface area contributed by atoms with Crippen molar-refractivity contribution in [1.29, 1.82) is 0 Å². The molecule has 0 spiro atoms. The number of thioether (sulfide) groups is 1. The molecule has 2 fully saturated rings. The molecule has 6 heteroatoms. The Labute approximate surface area is 158 Å². The zero-order valence-electron chi connectivity index (χ0n) is 15.1. The van der Waals surface area contributed by atoms with Crippen LogP contribution in [0.2, 0.25) is 0 Å². The highest BCUT2D eigenvalue weighted by Gasteiger charge is 2.30. The van der Waals surface area contributed by atoms with E-state index in [2.05, 4.69) is 0 Å². The van der Waals surface area contributed by atoms with Gasteiger partial charge in [0.05, 0.1) is 10.8 Å². The molecule has 5 nitrogen and oxygen atoms in total. The number of hydrogen-bond donors (Lipinski definition) is 0. The van der Waals surface area contributed by atoms with E-state index < -0.39 is 0 Å². The van der Waals surface area contributed by atoms with Crippen LogP contribution in [0.4, 0.5) is 0 Å². The largest absolute Gasteiger partial charge is 0.341 e. The van der Waals surface area contributed by atoms with Crippen LogP contribution >= 0.6 is 11.8 Å². The Hall–Kier alpha value is -2.08. The van der Waals surface area contributed by atoms with E-state index in [1.807, 2.05) is 30.0 Å². The Bertz CT molecular complexity index is 736. The lowest BCUT2D eigenvalue weighted by molar-refractivity contribution is -0.137. The normalized spacial score (nSPS) is 19.7. The van der Waals surface area contributed by atoms with Gasteiger partial charge in [0.25, 0.3) is 0 Å². The van der Waals surface area contributed by atoms with E-state index in [9.17, 15) is 14.4 Å². The van der Waals surface area contributed by atoms with E-state index in [1.165, 1.54) is 22.7 Å². The standard InChI is InChI=1S/C20H24N2O3S/c1-15-8-4-5-9-16(15)17(23)12-20-22(19(25)14-26-20)13-18(24)21-10-6-2-3-7-11-21/h4-5,8-9,12H,2-3,6-7,10-11,13-14H2,1H3/b20-12-. The van der Waals surface area contributed by atoms with Crippen molar-refractivity contribution in [3.63, 3.8) is 0 Å². The summed E-state index contributed by atoms with van der Waals surface area (Å²) in [5.74, 6) is 0.00620. The fourth-order valence-corrected chi connectivity index (χ4v) is 4.23. The molecule has 1 aromatic carbocycles. The fourth-order valence-electron chi connectivity index (χ4n) is 3.29. The van der Waals surface area contributed by atoms with E-state index >= 15 is 0 Å². The van der Waals surface area contributed by atoms with Crippen molar-refractivity contribution >= 4 is 29.4 Å². The van der Waals surface area contributed by atoms with Crippen LogP contribution in [0.25, 0.3) is 0 Å². The van der Waals surface area contributed by atoms with Crippen LogP contribution in [0, 0.1) is 6.92 Å². The molecular formula is C20H24N2O3S. The first kappa shape index (κ1) is 18.7. The summed E-state index contributed by atoms with van der Waals surface area (Å²) in [7, 11) is 0. The predicted molar refractivity (Wildman–Crippen MR) is 103 cm³/mol. The number of carbonyl (C=O) groups excluding carboxylic acids is 3. The Kier molecular flexibility index (Phi) is 6.14. The van der Waals surface area contributed by atoms with Crippen LogP contribution < -0.4 is 0 Å². The van der Waals surface area contributed by atoms with E-state index in [-0.39, 0.29) is 29.9 Å². The number of allylic oxidation sites excluding steroid dienone is 1. The summed E-state index contributed by atoms with van der Waals surface area (Å²) < 4.78 is 0. The molecule has 2 amide bonds. The number of amides is 2. The van der Waals surface area contributed by atoms with Crippen molar-refractivity contribution in [2.45, 2.75) is 32.6 Å². The van der Waals surface area contributed by atoms with Gasteiger partial charge < -0.3 is 4.90 Å². The quantitative estimate of drug-likeness (QED) is 0.602. The molecule has 2 heterocycles. The second kappa shape index (κ2) is 8.54. The van der Waals surface area contributed by atoms with Gasteiger partial charge in [-0.2, -0.15) is 0 Å². The molecule has 2 aliphatic rings.